The molecule has 7 nitrogen and oxygen atoms in total. The summed E-state index contributed by atoms with van der Waals surface area (Å²) in [6, 6.07) is 23.1. The molecule has 5 aromatic rings. The van der Waals surface area contributed by atoms with Gasteiger partial charge in [0.1, 0.15) is 5.75 Å². The summed E-state index contributed by atoms with van der Waals surface area (Å²) in [7, 11) is 0. The highest BCUT2D eigenvalue weighted by Gasteiger charge is 2.18. The van der Waals surface area contributed by atoms with Crippen molar-refractivity contribution in [1.82, 2.24) is 20.0 Å². The lowest BCUT2D eigenvalue weighted by molar-refractivity contribution is -0.0498. The van der Waals surface area contributed by atoms with Crippen LogP contribution in [-0.4, -0.2) is 26.6 Å². The second-order valence-corrected chi connectivity index (χ2v) is 8.45. The van der Waals surface area contributed by atoms with Gasteiger partial charge in [-0.1, -0.05) is 72.4 Å². The van der Waals surface area contributed by atoms with E-state index in [0.717, 1.165) is 11.1 Å². The Bertz CT molecular complexity index is 1510. The van der Waals surface area contributed by atoms with E-state index in [0.29, 0.717) is 34.0 Å². The average Bonchev–Trinajstić information content (AvgIpc) is 3.34. The van der Waals surface area contributed by atoms with Crippen LogP contribution in [0.15, 0.2) is 93.3 Å². The van der Waals surface area contributed by atoms with Crippen LogP contribution in [0.1, 0.15) is 11.1 Å². The molecule has 5 rings (SSSR count). The van der Waals surface area contributed by atoms with Crippen LogP contribution in [0.5, 0.6) is 5.75 Å². The van der Waals surface area contributed by atoms with Crippen LogP contribution in [0.4, 0.5) is 8.78 Å². The summed E-state index contributed by atoms with van der Waals surface area (Å²) in [5, 5.41) is 14.3. The Hall–Kier alpha value is -4.05. The molecule has 0 bridgehead atoms. The van der Waals surface area contributed by atoms with Crippen LogP contribution in [0.25, 0.3) is 22.4 Å². The molecule has 0 aliphatic heterocycles. The molecule has 3 aromatic carbocycles. The second-order valence-electron chi connectivity index (χ2n) is 7.53. The third-order valence-corrected chi connectivity index (χ3v) is 6.05. The lowest BCUT2D eigenvalue weighted by atomic mass is 10.1. The Kier molecular flexibility index (Phi) is 6.53. The molecule has 0 aliphatic rings. The number of hydrogen-bond acceptors (Lipinski definition) is 7. The molecule has 2 aromatic heterocycles. The summed E-state index contributed by atoms with van der Waals surface area (Å²) in [6.07, 6.45) is 0. The lowest BCUT2D eigenvalue weighted by Gasteiger charge is -2.09. The van der Waals surface area contributed by atoms with Gasteiger partial charge in [-0.05, 0) is 29.3 Å². The van der Waals surface area contributed by atoms with E-state index in [4.69, 9.17) is 4.42 Å². The van der Waals surface area contributed by atoms with Gasteiger partial charge in [-0.3, -0.25) is 4.79 Å². The first-order valence-corrected chi connectivity index (χ1v) is 11.6. The monoisotopic (exact) mass is 492 g/mol. The number of aromatic nitrogens is 4. The number of hydrogen-bond donors (Lipinski definition) is 0. The van der Waals surface area contributed by atoms with E-state index in [2.05, 4.69) is 20.0 Å². The molecule has 176 valence electrons. The van der Waals surface area contributed by atoms with Crippen molar-refractivity contribution in [3.8, 4) is 17.3 Å². The van der Waals surface area contributed by atoms with Gasteiger partial charge in [-0.25, -0.2) is 4.68 Å². The van der Waals surface area contributed by atoms with Gasteiger partial charge in [0.25, 0.3) is 16.7 Å². The smallest absolute Gasteiger partial charge is 0.387 e. The molecule has 0 amide bonds. The Labute approximate surface area is 202 Å². The van der Waals surface area contributed by atoms with Gasteiger partial charge >= 0.3 is 6.61 Å². The topological polar surface area (TPSA) is 83.0 Å². The molecule has 0 N–H and O–H groups in total. The number of halogens is 2. The Morgan fingerprint density at radius 2 is 1.60 bits per heavy atom. The van der Waals surface area contributed by atoms with Gasteiger partial charge in [0.15, 0.2) is 5.69 Å². The van der Waals surface area contributed by atoms with Crippen LogP contribution in [0.2, 0.25) is 0 Å². The Morgan fingerprint density at radius 3 is 2.34 bits per heavy atom. The fourth-order valence-corrected chi connectivity index (χ4v) is 4.25. The van der Waals surface area contributed by atoms with E-state index in [1.165, 1.54) is 28.6 Å². The number of rotatable bonds is 8. The van der Waals surface area contributed by atoms with Gasteiger partial charge < -0.3 is 9.15 Å². The third-order valence-electron chi connectivity index (χ3n) is 5.16. The quantitative estimate of drug-likeness (QED) is 0.269. The average molecular weight is 493 g/mol. The van der Waals surface area contributed by atoms with Gasteiger partial charge in [0, 0.05) is 11.1 Å². The minimum atomic E-state index is -2.86. The highest BCUT2D eigenvalue weighted by atomic mass is 32.2. The van der Waals surface area contributed by atoms with Crippen LogP contribution >= 0.6 is 11.8 Å². The summed E-state index contributed by atoms with van der Waals surface area (Å²) in [5.41, 5.74) is 2.02. The number of nitrogens with zero attached hydrogens (tertiary/aromatic N) is 4. The number of benzene rings is 3. The van der Waals surface area contributed by atoms with Crippen molar-refractivity contribution >= 4 is 22.5 Å². The molecular formula is C25H18F2N4O3S. The van der Waals surface area contributed by atoms with Crippen LogP contribution in [-0.2, 0) is 12.3 Å². The Morgan fingerprint density at radius 1 is 0.886 bits per heavy atom. The number of ether oxygens (including phenoxy) is 1. The molecule has 0 saturated carbocycles. The summed E-state index contributed by atoms with van der Waals surface area (Å²) in [6.45, 7) is -2.56. The molecule has 0 fully saturated rings. The first-order chi connectivity index (χ1) is 17.1. The number of alkyl halides is 2. The first-order valence-electron chi connectivity index (χ1n) is 10.6. The maximum Gasteiger partial charge on any atom is 0.387 e. The molecule has 10 heteroatoms. The second kappa shape index (κ2) is 10.1. The van der Waals surface area contributed by atoms with E-state index >= 15 is 0 Å². The summed E-state index contributed by atoms with van der Waals surface area (Å²) >= 11 is 1.30. The van der Waals surface area contributed by atoms with Crippen molar-refractivity contribution in [2.75, 3.05) is 0 Å². The zero-order valence-corrected chi connectivity index (χ0v) is 19.0. The highest BCUT2D eigenvalue weighted by Crippen LogP contribution is 2.28. The van der Waals surface area contributed by atoms with E-state index in [-0.39, 0.29) is 17.2 Å². The summed E-state index contributed by atoms with van der Waals surface area (Å²) < 4.78 is 36.2. The number of thioether (sulfide) groups is 1. The van der Waals surface area contributed by atoms with Crippen LogP contribution in [0, 0.1) is 0 Å². The fourth-order valence-electron chi connectivity index (χ4n) is 3.53. The molecule has 0 radical (unpaired) electrons. The third kappa shape index (κ3) is 5.22. The fraction of sp³-hybridized carbons (Fsp3) is 0.120. The van der Waals surface area contributed by atoms with Crippen LogP contribution in [0.3, 0.4) is 0 Å². The summed E-state index contributed by atoms with van der Waals surface area (Å²) in [5.74, 6) is 0.779. The van der Waals surface area contributed by atoms with Crippen LogP contribution < -0.4 is 10.3 Å². The predicted molar refractivity (Wildman–Crippen MR) is 127 cm³/mol. The minimum Gasteiger partial charge on any atom is -0.435 e. The van der Waals surface area contributed by atoms with Crippen molar-refractivity contribution in [2.24, 2.45) is 0 Å². The Balaban J connectivity index is 1.40. The SMILES string of the molecule is O=c1c2ccccc2c(-c2nnc(SCc3ccc(OC(F)F)cc3)o2)nn1Cc1ccccc1. The van der Waals surface area contributed by atoms with Crippen molar-refractivity contribution in [2.45, 2.75) is 24.1 Å². The van der Waals surface area contributed by atoms with E-state index in [1.54, 1.807) is 30.3 Å². The maximum absolute atomic E-state index is 13.0. The van der Waals surface area contributed by atoms with Gasteiger partial charge in [0.05, 0.1) is 11.9 Å². The molecule has 0 saturated heterocycles. The van der Waals surface area contributed by atoms with E-state index < -0.39 is 6.61 Å². The molecule has 0 spiro atoms. The van der Waals surface area contributed by atoms with Gasteiger partial charge in [-0.15, -0.1) is 10.2 Å². The summed E-state index contributed by atoms with van der Waals surface area (Å²) in [4.78, 5) is 13.0. The molecule has 35 heavy (non-hydrogen) atoms. The zero-order valence-electron chi connectivity index (χ0n) is 18.2. The van der Waals surface area contributed by atoms with Crippen molar-refractivity contribution in [3.05, 3.63) is 100 Å². The van der Waals surface area contributed by atoms with Gasteiger partial charge in [0.2, 0.25) is 0 Å². The number of fused-ring (bicyclic) bond motifs is 1. The molecule has 2 heterocycles. The maximum atomic E-state index is 13.0. The van der Waals surface area contributed by atoms with Crippen molar-refractivity contribution in [3.63, 3.8) is 0 Å². The molecular weight excluding hydrogens is 474 g/mol. The van der Waals surface area contributed by atoms with Gasteiger partial charge in [-0.2, -0.15) is 13.9 Å². The molecule has 0 aliphatic carbocycles. The highest BCUT2D eigenvalue weighted by molar-refractivity contribution is 7.98. The normalized spacial score (nSPS) is 11.3. The predicted octanol–water partition coefficient (Wildman–Crippen LogP) is 5.39. The first kappa shape index (κ1) is 22.7. The molecule has 0 atom stereocenters. The zero-order chi connectivity index (χ0) is 24.2. The van der Waals surface area contributed by atoms with E-state index in [9.17, 15) is 13.6 Å². The standard InChI is InChI=1S/C25H18F2N4O3S/c26-24(27)33-18-12-10-17(11-13-18)15-35-25-29-28-22(34-25)21-19-8-4-5-9-20(19)23(32)31(30-21)14-16-6-2-1-3-7-16/h1-13,24H,14-15H2. The largest absolute Gasteiger partial charge is 0.435 e. The van der Waals surface area contributed by atoms with Crippen molar-refractivity contribution < 1.29 is 17.9 Å². The minimum absolute atomic E-state index is 0.0948. The van der Waals surface area contributed by atoms with E-state index in [1.807, 2.05) is 36.4 Å². The molecule has 0 unspecified atom stereocenters. The van der Waals surface area contributed by atoms with Crippen molar-refractivity contribution in [1.29, 1.82) is 0 Å². The lowest BCUT2D eigenvalue weighted by Crippen LogP contribution is -2.24.